The van der Waals surface area contributed by atoms with Crippen LogP contribution in [0.1, 0.15) is 58.8 Å². The average Bonchev–Trinajstić information content (AvgIpc) is 3.12. The van der Waals surface area contributed by atoms with Crippen molar-refractivity contribution in [2.24, 2.45) is 34.5 Å². The smallest absolute Gasteiger partial charge is 0.313 e. The van der Waals surface area contributed by atoms with Crippen molar-refractivity contribution in [3.63, 3.8) is 0 Å². The van der Waals surface area contributed by atoms with E-state index in [1.807, 2.05) is 7.05 Å². The Hall–Kier alpha value is -0.870. The number of rotatable bonds is 1. The summed E-state index contributed by atoms with van der Waals surface area (Å²) in [5.41, 5.74) is 1.36. The molecule has 0 bridgehead atoms. The number of aliphatic hydroxyl groups is 1. The van der Waals surface area contributed by atoms with Gasteiger partial charge in [0.25, 0.3) is 0 Å². The van der Waals surface area contributed by atoms with Crippen molar-refractivity contribution in [2.45, 2.75) is 77.0 Å². The highest BCUT2D eigenvalue weighted by Gasteiger charge is 2.69. The molecule has 0 aromatic carbocycles. The quantitative estimate of drug-likeness (QED) is 0.558. The molecule has 3 saturated carbocycles. The van der Waals surface area contributed by atoms with Gasteiger partial charge >= 0.3 is 5.97 Å². The van der Waals surface area contributed by atoms with Gasteiger partial charge in [0.15, 0.2) is 0 Å². The van der Waals surface area contributed by atoms with Gasteiger partial charge in [0.05, 0.1) is 11.5 Å². The van der Waals surface area contributed by atoms with Crippen molar-refractivity contribution >= 4 is 5.97 Å². The van der Waals surface area contributed by atoms with Gasteiger partial charge in [0, 0.05) is 12.0 Å². The molecular formula is C22H33NO3. The molecule has 0 aromatic heterocycles. The second-order valence-corrected chi connectivity index (χ2v) is 9.99. The third kappa shape index (κ3) is 1.95. The highest BCUT2D eigenvalue weighted by Crippen LogP contribution is 2.68. The minimum Gasteiger partial charge on any atom is -0.462 e. The number of hydrogen-bond acceptors (Lipinski definition) is 4. The Morgan fingerprint density at radius 3 is 2.69 bits per heavy atom. The zero-order valence-corrected chi connectivity index (χ0v) is 16.3. The number of nitrogens with one attached hydrogen (secondary N) is 1. The number of aliphatic hydroxyl groups excluding tert-OH is 1. The molecule has 0 radical (unpaired) electrons. The normalized spacial score (nSPS) is 55.3. The maximum atomic E-state index is 12.9. The van der Waals surface area contributed by atoms with Gasteiger partial charge in [-0.1, -0.05) is 18.6 Å². The van der Waals surface area contributed by atoms with E-state index >= 15 is 0 Å². The molecule has 4 aliphatic carbocycles. The highest BCUT2D eigenvalue weighted by molar-refractivity contribution is 5.81. The molecule has 5 aliphatic rings. The molecule has 26 heavy (non-hydrogen) atoms. The van der Waals surface area contributed by atoms with E-state index in [1.165, 1.54) is 18.4 Å². The fourth-order valence-corrected chi connectivity index (χ4v) is 8.04. The van der Waals surface area contributed by atoms with E-state index in [0.29, 0.717) is 23.8 Å². The number of fused-ring (bicyclic) bond motifs is 4. The first-order valence-corrected chi connectivity index (χ1v) is 10.7. The lowest BCUT2D eigenvalue weighted by molar-refractivity contribution is -0.159. The Labute approximate surface area is 156 Å². The molecule has 1 heterocycles. The molecule has 1 unspecified atom stereocenters. The Bertz CT molecular complexity index is 660. The Morgan fingerprint density at radius 1 is 1.15 bits per heavy atom. The van der Waals surface area contributed by atoms with E-state index < -0.39 is 6.10 Å². The summed E-state index contributed by atoms with van der Waals surface area (Å²) >= 11 is 0. The Balaban J connectivity index is 1.54. The molecule has 1 saturated heterocycles. The first kappa shape index (κ1) is 17.2. The van der Waals surface area contributed by atoms with Gasteiger partial charge in [-0.25, -0.2) is 0 Å². The topological polar surface area (TPSA) is 58.6 Å². The number of cyclic esters (lactones) is 1. The highest BCUT2D eigenvalue weighted by atomic mass is 16.6. The van der Waals surface area contributed by atoms with Crippen LogP contribution >= 0.6 is 0 Å². The van der Waals surface area contributed by atoms with Gasteiger partial charge < -0.3 is 15.2 Å². The molecule has 0 amide bonds. The fourth-order valence-electron chi connectivity index (χ4n) is 8.04. The summed E-state index contributed by atoms with van der Waals surface area (Å²) in [5.74, 6) is 1.45. The zero-order chi connectivity index (χ0) is 18.3. The van der Waals surface area contributed by atoms with Gasteiger partial charge in [-0.15, -0.1) is 0 Å². The molecule has 1 spiro atoms. The van der Waals surface area contributed by atoms with Gasteiger partial charge in [-0.3, -0.25) is 4.79 Å². The summed E-state index contributed by atoms with van der Waals surface area (Å²) in [4.78, 5) is 12.9. The largest absolute Gasteiger partial charge is 0.462 e. The van der Waals surface area contributed by atoms with E-state index in [2.05, 4.69) is 25.2 Å². The van der Waals surface area contributed by atoms with E-state index in [4.69, 9.17) is 4.74 Å². The van der Waals surface area contributed by atoms with Crippen molar-refractivity contribution in [1.82, 2.24) is 5.32 Å². The Kier molecular flexibility index (Phi) is 3.70. The van der Waals surface area contributed by atoms with Gasteiger partial charge in [-0.05, 0) is 82.1 Å². The molecule has 4 fully saturated rings. The summed E-state index contributed by atoms with van der Waals surface area (Å²) in [7, 11) is 2.05. The summed E-state index contributed by atoms with van der Waals surface area (Å²) in [6.07, 6.45) is 9.51. The predicted molar refractivity (Wildman–Crippen MR) is 99.3 cm³/mol. The van der Waals surface area contributed by atoms with E-state index in [9.17, 15) is 9.90 Å². The minimum absolute atomic E-state index is 0.0435. The predicted octanol–water partition coefficient (Wildman–Crippen LogP) is 3.05. The van der Waals surface area contributed by atoms with E-state index in [-0.39, 0.29) is 28.8 Å². The van der Waals surface area contributed by atoms with Crippen molar-refractivity contribution < 1.29 is 14.6 Å². The number of carbonyl (C=O) groups is 1. The molecule has 5 rings (SSSR count). The minimum atomic E-state index is -0.400. The zero-order valence-electron chi connectivity index (χ0n) is 16.3. The van der Waals surface area contributed by atoms with Crippen LogP contribution in [0.3, 0.4) is 0 Å². The van der Waals surface area contributed by atoms with Gasteiger partial charge in [0.2, 0.25) is 0 Å². The fraction of sp³-hybridized carbons (Fsp3) is 0.864. The lowest BCUT2D eigenvalue weighted by Gasteiger charge is -2.58. The lowest BCUT2D eigenvalue weighted by atomic mass is 9.46. The second kappa shape index (κ2) is 5.57. The van der Waals surface area contributed by atoms with Crippen LogP contribution in [0.2, 0.25) is 0 Å². The molecular weight excluding hydrogens is 326 g/mol. The van der Waals surface area contributed by atoms with Crippen molar-refractivity contribution in [2.75, 3.05) is 7.05 Å². The average molecular weight is 360 g/mol. The van der Waals surface area contributed by atoms with Gasteiger partial charge in [0.1, 0.15) is 6.10 Å². The van der Waals surface area contributed by atoms with Crippen molar-refractivity contribution in [3.05, 3.63) is 11.6 Å². The Morgan fingerprint density at radius 2 is 1.92 bits per heavy atom. The molecule has 9 atom stereocenters. The monoisotopic (exact) mass is 359 g/mol. The second-order valence-electron chi connectivity index (χ2n) is 9.99. The molecule has 144 valence electrons. The lowest BCUT2D eigenvalue weighted by Crippen LogP contribution is -2.56. The standard InChI is InChI=1S/C22H33NO3/c1-12-15-4-5-17-19-16(7-9-22(15,17)20(25)26-12)21(2)8-6-14(23-3)10-13(21)11-18(19)24/h11-12,14-19,23-24H,4-10H2,1-3H3/t12?,14-,15+,16-,17-,18+,19+,21-,22-/m0/s1. The van der Waals surface area contributed by atoms with Gasteiger partial charge in [-0.2, -0.15) is 0 Å². The molecule has 4 nitrogen and oxygen atoms in total. The number of hydrogen-bond donors (Lipinski definition) is 2. The maximum absolute atomic E-state index is 12.9. The van der Waals surface area contributed by atoms with Crippen LogP contribution in [0.5, 0.6) is 0 Å². The summed E-state index contributed by atoms with van der Waals surface area (Å²) in [6, 6.07) is 0.537. The van der Waals surface area contributed by atoms with E-state index in [0.717, 1.165) is 32.1 Å². The van der Waals surface area contributed by atoms with E-state index in [1.54, 1.807) is 0 Å². The first-order valence-electron chi connectivity index (χ1n) is 10.7. The summed E-state index contributed by atoms with van der Waals surface area (Å²) in [5, 5.41) is 14.6. The van der Waals surface area contributed by atoms with Crippen molar-refractivity contribution in [1.29, 1.82) is 0 Å². The number of esters is 1. The van der Waals surface area contributed by atoms with Crippen LogP contribution in [-0.4, -0.2) is 36.4 Å². The van der Waals surface area contributed by atoms with Crippen LogP contribution in [0.15, 0.2) is 11.6 Å². The third-order valence-electron chi connectivity index (χ3n) is 9.35. The van der Waals surface area contributed by atoms with Crippen LogP contribution in [0.4, 0.5) is 0 Å². The summed E-state index contributed by atoms with van der Waals surface area (Å²) < 4.78 is 5.72. The van der Waals surface area contributed by atoms with Crippen LogP contribution in [0.25, 0.3) is 0 Å². The molecule has 0 aromatic rings. The van der Waals surface area contributed by atoms with Crippen LogP contribution in [-0.2, 0) is 9.53 Å². The summed E-state index contributed by atoms with van der Waals surface area (Å²) in [6.45, 7) is 4.51. The number of ether oxygens (including phenoxy) is 1. The van der Waals surface area contributed by atoms with Crippen LogP contribution < -0.4 is 5.32 Å². The SMILES string of the molecule is CN[C@H]1CC[C@@]2(C)C(=C[C@@H](O)[C@H]3[C@@H]4CC[C@@H]5C(C)OC(=O)[C@@]54CC[C@@H]32)C1. The molecule has 2 N–H and O–H groups in total. The van der Waals surface area contributed by atoms with Crippen molar-refractivity contribution in [3.8, 4) is 0 Å². The first-order chi connectivity index (χ1) is 12.4. The molecule has 4 heteroatoms. The van der Waals surface area contributed by atoms with Crippen LogP contribution in [0, 0.1) is 34.5 Å². The maximum Gasteiger partial charge on any atom is 0.313 e. The third-order valence-corrected chi connectivity index (χ3v) is 9.35. The molecule has 1 aliphatic heterocycles. The number of carbonyl (C=O) groups excluding carboxylic acids is 1.